The van der Waals surface area contributed by atoms with E-state index in [1.165, 1.54) is 0 Å². The summed E-state index contributed by atoms with van der Waals surface area (Å²) in [5, 5.41) is 0. The maximum Gasteiger partial charge on any atom is 0.313 e. The van der Waals surface area contributed by atoms with E-state index < -0.39 is 0 Å². The van der Waals surface area contributed by atoms with E-state index in [1.54, 1.807) is 0 Å². The van der Waals surface area contributed by atoms with Crippen molar-refractivity contribution in [2.24, 2.45) is 11.8 Å². The van der Waals surface area contributed by atoms with E-state index in [9.17, 15) is 4.79 Å². The summed E-state index contributed by atoms with van der Waals surface area (Å²) in [6.45, 7) is 6.16. The summed E-state index contributed by atoms with van der Waals surface area (Å²) in [4.78, 5) is 10.8. The molecular formula is C8H14O2. The van der Waals surface area contributed by atoms with Gasteiger partial charge in [0, 0.05) is 0 Å². The largest absolute Gasteiger partial charge is 0.461 e. The lowest BCUT2D eigenvalue weighted by molar-refractivity contribution is -0.187. The molecule has 0 aromatic rings. The van der Waals surface area contributed by atoms with Crippen LogP contribution in [0.1, 0.15) is 27.2 Å². The number of carbonyl (C=O) groups excluding carboxylic acids is 1. The minimum absolute atomic E-state index is 0.0122. The van der Waals surface area contributed by atoms with Crippen LogP contribution in [0.4, 0.5) is 0 Å². The number of carbonyl (C=O) groups is 1. The van der Waals surface area contributed by atoms with Gasteiger partial charge in [-0.15, -0.1) is 0 Å². The van der Waals surface area contributed by atoms with E-state index in [0.29, 0.717) is 5.92 Å². The summed E-state index contributed by atoms with van der Waals surface area (Å²) in [6, 6.07) is 0. The van der Waals surface area contributed by atoms with Crippen molar-refractivity contribution in [2.75, 3.05) is 0 Å². The second-order valence-electron chi connectivity index (χ2n) is 3.05. The summed E-state index contributed by atoms with van der Waals surface area (Å²) in [5.41, 5.74) is 0. The monoisotopic (exact) mass is 142 g/mol. The van der Waals surface area contributed by atoms with E-state index in [4.69, 9.17) is 4.74 Å². The Morgan fingerprint density at radius 3 is 2.50 bits per heavy atom. The van der Waals surface area contributed by atoms with Gasteiger partial charge in [-0.1, -0.05) is 20.3 Å². The molecule has 10 heavy (non-hydrogen) atoms. The van der Waals surface area contributed by atoms with Crippen molar-refractivity contribution < 1.29 is 9.53 Å². The second kappa shape index (κ2) is 2.60. The lowest BCUT2D eigenvalue weighted by atomic mass is 9.84. The highest BCUT2D eigenvalue weighted by Gasteiger charge is 2.41. The van der Waals surface area contributed by atoms with Crippen LogP contribution in [0.5, 0.6) is 0 Å². The highest BCUT2D eigenvalue weighted by molar-refractivity contribution is 5.78. The average Bonchev–Trinajstić information content (AvgIpc) is 1.87. The van der Waals surface area contributed by atoms with E-state index in [-0.39, 0.29) is 18.0 Å². The third-order valence-corrected chi connectivity index (χ3v) is 2.34. The number of rotatable bonds is 2. The van der Waals surface area contributed by atoms with Gasteiger partial charge in [-0.2, -0.15) is 0 Å². The highest BCUT2D eigenvalue weighted by atomic mass is 16.6. The first kappa shape index (κ1) is 7.58. The Hall–Kier alpha value is -0.530. The van der Waals surface area contributed by atoms with Crippen molar-refractivity contribution in [2.45, 2.75) is 33.3 Å². The first-order valence-corrected chi connectivity index (χ1v) is 3.87. The van der Waals surface area contributed by atoms with Gasteiger partial charge in [0.25, 0.3) is 0 Å². The average molecular weight is 142 g/mol. The van der Waals surface area contributed by atoms with Gasteiger partial charge in [-0.05, 0) is 12.8 Å². The van der Waals surface area contributed by atoms with Crippen molar-refractivity contribution in [3.63, 3.8) is 0 Å². The molecule has 1 aliphatic rings. The first-order valence-electron chi connectivity index (χ1n) is 3.87. The Morgan fingerprint density at radius 1 is 1.70 bits per heavy atom. The topological polar surface area (TPSA) is 26.3 Å². The van der Waals surface area contributed by atoms with Gasteiger partial charge in [-0.25, -0.2) is 0 Å². The summed E-state index contributed by atoms with van der Waals surface area (Å²) in [5.74, 6) is 0.642. The van der Waals surface area contributed by atoms with Crippen molar-refractivity contribution in [3.8, 4) is 0 Å². The van der Waals surface area contributed by atoms with Crippen LogP contribution in [-0.4, -0.2) is 12.1 Å². The molecule has 1 fully saturated rings. The van der Waals surface area contributed by atoms with Crippen LogP contribution in [0.15, 0.2) is 0 Å². The van der Waals surface area contributed by atoms with Gasteiger partial charge in [0.15, 0.2) is 0 Å². The molecular weight excluding hydrogens is 128 g/mol. The molecule has 0 aliphatic carbocycles. The number of esters is 1. The van der Waals surface area contributed by atoms with Crippen LogP contribution in [0.3, 0.4) is 0 Å². The molecule has 2 nitrogen and oxygen atoms in total. The highest BCUT2D eigenvalue weighted by Crippen LogP contribution is 2.30. The summed E-state index contributed by atoms with van der Waals surface area (Å²) in [7, 11) is 0. The molecule has 0 spiro atoms. The van der Waals surface area contributed by atoms with Crippen molar-refractivity contribution in [1.82, 2.24) is 0 Å². The zero-order chi connectivity index (χ0) is 7.72. The predicted octanol–water partition coefficient (Wildman–Crippen LogP) is 1.59. The van der Waals surface area contributed by atoms with E-state index in [2.05, 4.69) is 13.8 Å². The van der Waals surface area contributed by atoms with E-state index in [1.807, 2.05) is 6.92 Å². The Labute approximate surface area is 61.6 Å². The third-order valence-electron chi connectivity index (χ3n) is 2.34. The van der Waals surface area contributed by atoms with Crippen LogP contribution in [0.2, 0.25) is 0 Å². The fourth-order valence-electron chi connectivity index (χ4n) is 1.40. The third kappa shape index (κ3) is 1.02. The number of hydrogen-bond donors (Lipinski definition) is 0. The minimum Gasteiger partial charge on any atom is -0.461 e. The smallest absolute Gasteiger partial charge is 0.313 e. The molecule has 3 unspecified atom stereocenters. The Balaban J connectivity index is 2.46. The van der Waals surface area contributed by atoms with Gasteiger partial charge >= 0.3 is 5.97 Å². The molecule has 0 aromatic carbocycles. The standard InChI is InChI=1S/C8H14O2/c1-4-5(2)7-6(3)10-8(7)9/h5-7H,4H2,1-3H3. The molecule has 0 bridgehead atoms. The summed E-state index contributed by atoms with van der Waals surface area (Å²) >= 11 is 0. The van der Waals surface area contributed by atoms with Crippen molar-refractivity contribution in [1.29, 1.82) is 0 Å². The van der Waals surface area contributed by atoms with Crippen molar-refractivity contribution in [3.05, 3.63) is 0 Å². The molecule has 1 heterocycles. The van der Waals surface area contributed by atoms with E-state index >= 15 is 0 Å². The molecule has 1 saturated heterocycles. The molecule has 1 rings (SSSR count). The fraction of sp³-hybridized carbons (Fsp3) is 0.875. The SMILES string of the molecule is CCC(C)C1C(=O)OC1C. The molecule has 0 amide bonds. The molecule has 3 atom stereocenters. The fourth-order valence-corrected chi connectivity index (χ4v) is 1.40. The van der Waals surface area contributed by atoms with Crippen LogP contribution < -0.4 is 0 Å². The lowest BCUT2D eigenvalue weighted by Crippen LogP contribution is -2.46. The maximum atomic E-state index is 10.8. The van der Waals surface area contributed by atoms with Gasteiger partial charge < -0.3 is 4.74 Å². The van der Waals surface area contributed by atoms with E-state index in [0.717, 1.165) is 6.42 Å². The van der Waals surface area contributed by atoms with Crippen LogP contribution in [-0.2, 0) is 9.53 Å². The lowest BCUT2D eigenvalue weighted by Gasteiger charge is -2.36. The van der Waals surface area contributed by atoms with Gasteiger partial charge in [0.2, 0.25) is 0 Å². The molecule has 2 heteroatoms. The molecule has 0 aromatic heterocycles. The van der Waals surface area contributed by atoms with Gasteiger partial charge in [0.1, 0.15) is 6.10 Å². The van der Waals surface area contributed by atoms with Crippen molar-refractivity contribution >= 4 is 5.97 Å². The summed E-state index contributed by atoms with van der Waals surface area (Å²) in [6.07, 6.45) is 1.21. The number of cyclic esters (lactones) is 1. The molecule has 0 radical (unpaired) electrons. The Kier molecular flexibility index (Phi) is 1.97. The molecule has 0 saturated carbocycles. The Morgan fingerprint density at radius 2 is 2.30 bits per heavy atom. The first-order chi connectivity index (χ1) is 4.66. The second-order valence-corrected chi connectivity index (χ2v) is 3.05. The zero-order valence-electron chi connectivity index (χ0n) is 6.76. The number of hydrogen-bond acceptors (Lipinski definition) is 2. The quantitative estimate of drug-likeness (QED) is 0.547. The number of ether oxygens (including phenoxy) is 1. The zero-order valence-corrected chi connectivity index (χ0v) is 6.76. The molecule has 58 valence electrons. The molecule has 1 aliphatic heterocycles. The van der Waals surface area contributed by atoms with Crippen LogP contribution in [0, 0.1) is 11.8 Å². The van der Waals surface area contributed by atoms with Crippen LogP contribution in [0.25, 0.3) is 0 Å². The maximum absolute atomic E-state index is 10.8. The minimum atomic E-state index is -0.0122. The van der Waals surface area contributed by atoms with Gasteiger partial charge in [-0.3, -0.25) is 4.79 Å². The molecule has 0 N–H and O–H groups in total. The summed E-state index contributed by atoms with van der Waals surface area (Å²) < 4.78 is 4.84. The van der Waals surface area contributed by atoms with Gasteiger partial charge in [0.05, 0.1) is 5.92 Å². The Bertz CT molecular complexity index is 142. The van der Waals surface area contributed by atoms with Crippen LogP contribution >= 0.6 is 0 Å². The normalized spacial score (nSPS) is 34.5. The predicted molar refractivity (Wildman–Crippen MR) is 38.5 cm³/mol.